The van der Waals surface area contributed by atoms with Crippen LogP contribution in [0.25, 0.3) is 101 Å². The number of furan rings is 1. The van der Waals surface area contributed by atoms with Gasteiger partial charge in [0.2, 0.25) is 0 Å². The van der Waals surface area contributed by atoms with Crippen LogP contribution in [0.4, 0.5) is 0 Å². The largest absolute Gasteiger partial charge is 0.456 e. The van der Waals surface area contributed by atoms with Crippen LogP contribution in [0.1, 0.15) is 0 Å². The molecule has 0 saturated carbocycles. The normalized spacial score (nSPS) is 11.3. The van der Waals surface area contributed by atoms with Crippen LogP contribution < -0.4 is 0 Å². The van der Waals surface area contributed by atoms with Crippen molar-refractivity contribution >= 4 is 21.9 Å². The Morgan fingerprint density at radius 3 is 1.31 bits per heavy atom. The number of rotatable bonds is 7. The van der Waals surface area contributed by atoms with Gasteiger partial charge >= 0.3 is 0 Å². The van der Waals surface area contributed by atoms with Crippen LogP contribution in [-0.4, -0.2) is 24.9 Å². The van der Waals surface area contributed by atoms with Crippen molar-refractivity contribution in [2.75, 3.05) is 0 Å². The number of aromatic nitrogens is 5. The molecule has 0 spiro atoms. The van der Waals surface area contributed by atoms with Gasteiger partial charge in [0.05, 0.1) is 11.4 Å². The summed E-state index contributed by atoms with van der Waals surface area (Å²) in [6.07, 6.45) is 0. The van der Waals surface area contributed by atoms with E-state index in [-0.39, 0.29) is 0 Å². The standard InChI is InChI=1S/C49H31N5O/c1-5-15-32(16-6-1)40-31-41(51-46(50-40)34-17-7-2-8-18-34)38-29-30-43-45(39-23-13-14-24-42(39)55-43)44(38)33-25-27-37(28-26-33)49-53-47(35-19-9-3-10-20-35)52-48(54-49)36-21-11-4-12-22-36/h1-31H. The zero-order valence-corrected chi connectivity index (χ0v) is 29.5. The maximum atomic E-state index is 6.44. The topological polar surface area (TPSA) is 77.6 Å². The lowest BCUT2D eigenvalue weighted by molar-refractivity contribution is 0.669. The van der Waals surface area contributed by atoms with E-state index in [0.717, 1.165) is 77.8 Å². The predicted molar refractivity (Wildman–Crippen MR) is 221 cm³/mol. The highest BCUT2D eigenvalue weighted by molar-refractivity contribution is 6.15. The lowest BCUT2D eigenvalue weighted by atomic mass is 9.91. The lowest BCUT2D eigenvalue weighted by Gasteiger charge is -2.15. The predicted octanol–water partition coefficient (Wildman–Crippen LogP) is 12.2. The molecule has 6 heteroatoms. The highest BCUT2D eigenvalue weighted by Gasteiger charge is 2.21. The highest BCUT2D eigenvalue weighted by atomic mass is 16.3. The molecule has 0 radical (unpaired) electrons. The summed E-state index contributed by atoms with van der Waals surface area (Å²) in [5.41, 5.74) is 11.0. The summed E-state index contributed by atoms with van der Waals surface area (Å²) in [6, 6.07) is 63.4. The molecule has 55 heavy (non-hydrogen) atoms. The molecule has 0 aliphatic carbocycles. The number of hydrogen-bond donors (Lipinski definition) is 0. The SMILES string of the molecule is c1ccc(-c2cc(-c3ccc4oc5ccccc5c4c3-c3ccc(-c4nc(-c5ccccc5)nc(-c5ccccc5)n4)cc3)nc(-c3ccccc3)n2)cc1. The molecule has 6 nitrogen and oxygen atoms in total. The summed E-state index contributed by atoms with van der Waals surface area (Å²) in [7, 11) is 0. The van der Waals surface area contributed by atoms with E-state index in [2.05, 4.69) is 66.7 Å². The van der Waals surface area contributed by atoms with E-state index >= 15 is 0 Å². The van der Waals surface area contributed by atoms with Gasteiger partial charge in [0, 0.05) is 49.7 Å². The summed E-state index contributed by atoms with van der Waals surface area (Å²) in [5.74, 6) is 2.51. The maximum absolute atomic E-state index is 6.44. The van der Waals surface area contributed by atoms with Crippen molar-refractivity contribution in [2.24, 2.45) is 0 Å². The van der Waals surface area contributed by atoms with Crippen molar-refractivity contribution in [3.8, 4) is 79.2 Å². The second-order valence-corrected chi connectivity index (χ2v) is 13.3. The molecule has 0 unspecified atom stereocenters. The number of para-hydroxylation sites is 1. The van der Waals surface area contributed by atoms with Gasteiger partial charge in [-0.2, -0.15) is 0 Å². The van der Waals surface area contributed by atoms with Gasteiger partial charge in [-0.3, -0.25) is 0 Å². The average molecular weight is 706 g/mol. The van der Waals surface area contributed by atoms with E-state index < -0.39 is 0 Å². The van der Waals surface area contributed by atoms with Crippen LogP contribution in [0.5, 0.6) is 0 Å². The number of benzene rings is 7. The molecule has 0 N–H and O–H groups in total. The molecule has 0 fully saturated rings. The third-order valence-corrected chi connectivity index (χ3v) is 9.78. The smallest absolute Gasteiger partial charge is 0.164 e. The van der Waals surface area contributed by atoms with Gasteiger partial charge in [-0.05, 0) is 29.8 Å². The minimum atomic E-state index is 0.599. The Bertz CT molecular complexity index is 2830. The van der Waals surface area contributed by atoms with Crippen molar-refractivity contribution in [3.63, 3.8) is 0 Å². The molecule has 7 aromatic carbocycles. The van der Waals surface area contributed by atoms with Gasteiger partial charge in [-0.25, -0.2) is 24.9 Å². The lowest BCUT2D eigenvalue weighted by Crippen LogP contribution is -2.00. The quantitative estimate of drug-likeness (QED) is 0.164. The molecule has 3 aromatic heterocycles. The van der Waals surface area contributed by atoms with Gasteiger partial charge < -0.3 is 4.42 Å². The van der Waals surface area contributed by atoms with Gasteiger partial charge in [0.25, 0.3) is 0 Å². The molecule has 258 valence electrons. The van der Waals surface area contributed by atoms with Crippen LogP contribution in [0.3, 0.4) is 0 Å². The Morgan fingerprint density at radius 1 is 0.309 bits per heavy atom. The Hall–Kier alpha value is -7.57. The van der Waals surface area contributed by atoms with Crippen molar-refractivity contribution < 1.29 is 4.42 Å². The monoisotopic (exact) mass is 705 g/mol. The van der Waals surface area contributed by atoms with E-state index in [9.17, 15) is 0 Å². The molecule has 10 aromatic rings. The van der Waals surface area contributed by atoms with Gasteiger partial charge in [0.15, 0.2) is 23.3 Å². The van der Waals surface area contributed by atoms with Crippen LogP contribution in [0.2, 0.25) is 0 Å². The van der Waals surface area contributed by atoms with Crippen molar-refractivity contribution in [1.82, 2.24) is 24.9 Å². The minimum Gasteiger partial charge on any atom is -0.456 e. The first-order valence-corrected chi connectivity index (χ1v) is 18.2. The third kappa shape index (κ3) is 6.11. The average Bonchev–Trinajstić information content (AvgIpc) is 3.66. The first-order chi connectivity index (χ1) is 27.2. The van der Waals surface area contributed by atoms with E-state index in [1.54, 1.807) is 0 Å². The maximum Gasteiger partial charge on any atom is 0.164 e. The molecule has 0 bridgehead atoms. The van der Waals surface area contributed by atoms with Crippen molar-refractivity contribution in [3.05, 3.63) is 188 Å². The Kier molecular flexibility index (Phi) is 8.04. The first kappa shape index (κ1) is 32.1. The molecule has 0 saturated heterocycles. The molecule has 0 aliphatic heterocycles. The number of hydrogen-bond acceptors (Lipinski definition) is 6. The van der Waals surface area contributed by atoms with Crippen molar-refractivity contribution in [1.29, 1.82) is 0 Å². The molecule has 0 atom stereocenters. The fourth-order valence-corrected chi connectivity index (χ4v) is 7.11. The van der Waals surface area contributed by atoms with Gasteiger partial charge in [0.1, 0.15) is 11.2 Å². The van der Waals surface area contributed by atoms with Crippen LogP contribution in [0, 0.1) is 0 Å². The number of nitrogens with zero attached hydrogens (tertiary/aromatic N) is 5. The summed E-state index contributed by atoms with van der Waals surface area (Å²) in [6.45, 7) is 0. The third-order valence-electron chi connectivity index (χ3n) is 9.78. The summed E-state index contributed by atoms with van der Waals surface area (Å²) in [5, 5.41) is 2.07. The molecule has 10 rings (SSSR count). The fourth-order valence-electron chi connectivity index (χ4n) is 7.11. The Balaban J connectivity index is 1.17. The Labute approximate surface area is 317 Å². The Morgan fingerprint density at radius 2 is 0.745 bits per heavy atom. The summed E-state index contributed by atoms with van der Waals surface area (Å²) < 4.78 is 6.44. The fraction of sp³-hybridized carbons (Fsp3) is 0. The van der Waals surface area contributed by atoms with Gasteiger partial charge in [-0.1, -0.05) is 164 Å². The number of fused-ring (bicyclic) bond motifs is 3. The van der Waals surface area contributed by atoms with Crippen LogP contribution in [0.15, 0.2) is 192 Å². The van der Waals surface area contributed by atoms with E-state index in [1.165, 1.54) is 0 Å². The molecule has 3 heterocycles. The first-order valence-electron chi connectivity index (χ1n) is 18.2. The van der Waals surface area contributed by atoms with E-state index in [0.29, 0.717) is 23.3 Å². The van der Waals surface area contributed by atoms with Crippen molar-refractivity contribution in [2.45, 2.75) is 0 Å². The molecular weight excluding hydrogens is 675 g/mol. The van der Waals surface area contributed by atoms with Gasteiger partial charge in [-0.15, -0.1) is 0 Å². The molecule has 0 aliphatic rings. The highest BCUT2D eigenvalue weighted by Crippen LogP contribution is 2.43. The summed E-state index contributed by atoms with van der Waals surface area (Å²) in [4.78, 5) is 25.1. The second-order valence-electron chi connectivity index (χ2n) is 13.3. The van der Waals surface area contributed by atoms with Crippen LogP contribution in [-0.2, 0) is 0 Å². The van der Waals surface area contributed by atoms with Crippen LogP contribution >= 0.6 is 0 Å². The van der Waals surface area contributed by atoms with E-state index in [4.69, 9.17) is 29.3 Å². The minimum absolute atomic E-state index is 0.599. The zero-order chi connectivity index (χ0) is 36.6. The molecule has 0 amide bonds. The summed E-state index contributed by atoms with van der Waals surface area (Å²) >= 11 is 0. The van der Waals surface area contributed by atoms with E-state index in [1.807, 2.05) is 121 Å². The molecular formula is C49H31N5O. The second kappa shape index (κ2) is 13.8. The zero-order valence-electron chi connectivity index (χ0n) is 29.5.